The van der Waals surface area contributed by atoms with Crippen molar-refractivity contribution in [2.75, 3.05) is 6.61 Å². The Morgan fingerprint density at radius 1 is 1.12 bits per heavy atom. The Labute approximate surface area is 105 Å². The number of halogens is 1. The van der Waals surface area contributed by atoms with Gasteiger partial charge in [0.15, 0.2) is 0 Å². The summed E-state index contributed by atoms with van der Waals surface area (Å²) in [5.41, 5.74) is 0. The minimum atomic E-state index is -0.245. The molecule has 0 saturated heterocycles. The predicted molar refractivity (Wildman–Crippen MR) is 68.9 cm³/mol. The van der Waals surface area contributed by atoms with Crippen molar-refractivity contribution in [3.05, 3.63) is 0 Å². The number of alkyl halides is 1. The molecule has 0 aliphatic heterocycles. The Kier molecular flexibility index (Phi) is 11.1. The van der Waals surface area contributed by atoms with Gasteiger partial charge in [0.1, 0.15) is 6.61 Å². The molecule has 0 aliphatic carbocycles. The van der Waals surface area contributed by atoms with Crippen LogP contribution in [-0.4, -0.2) is 18.0 Å². The zero-order valence-electron chi connectivity index (χ0n) is 10.6. The number of hydrogen-bond donors (Lipinski definition) is 0. The van der Waals surface area contributed by atoms with Gasteiger partial charge in [0.05, 0.1) is 5.38 Å². The van der Waals surface area contributed by atoms with E-state index >= 15 is 0 Å². The fourth-order valence-electron chi connectivity index (χ4n) is 1.61. The minimum Gasteiger partial charge on any atom is -0.464 e. The normalized spacial score (nSPS) is 12.4. The summed E-state index contributed by atoms with van der Waals surface area (Å²) < 4.78 is 4.84. The average Bonchev–Trinajstić information content (AvgIpc) is 2.25. The van der Waals surface area contributed by atoms with E-state index in [1.807, 2.05) is 0 Å². The second kappa shape index (κ2) is 11.3. The van der Waals surface area contributed by atoms with Gasteiger partial charge in [-0.05, 0) is 6.42 Å². The van der Waals surface area contributed by atoms with Crippen molar-refractivity contribution in [1.29, 1.82) is 0 Å². The van der Waals surface area contributed by atoms with E-state index in [4.69, 9.17) is 16.3 Å². The van der Waals surface area contributed by atoms with Crippen LogP contribution in [0.3, 0.4) is 0 Å². The van der Waals surface area contributed by atoms with Gasteiger partial charge in [0.2, 0.25) is 0 Å². The third-order valence-electron chi connectivity index (χ3n) is 2.59. The van der Waals surface area contributed by atoms with Crippen LogP contribution in [0.5, 0.6) is 0 Å². The first kappa shape index (κ1) is 15.8. The zero-order chi connectivity index (χ0) is 12.2. The maximum Gasteiger partial charge on any atom is 0.302 e. The molecule has 0 spiro atoms. The first-order chi connectivity index (χ1) is 7.66. The molecule has 16 heavy (non-hydrogen) atoms. The molecule has 0 aromatic heterocycles. The number of carbonyl (C=O) groups is 1. The van der Waals surface area contributed by atoms with E-state index in [0.717, 1.165) is 12.8 Å². The van der Waals surface area contributed by atoms with Gasteiger partial charge in [0.25, 0.3) is 0 Å². The number of ether oxygens (including phenoxy) is 1. The average molecular weight is 249 g/mol. The molecule has 0 radical (unpaired) electrons. The Morgan fingerprint density at radius 2 is 1.69 bits per heavy atom. The lowest BCUT2D eigenvalue weighted by Gasteiger charge is -2.08. The van der Waals surface area contributed by atoms with Crippen LogP contribution in [0.4, 0.5) is 0 Å². The number of carbonyl (C=O) groups excluding carboxylic acids is 1. The zero-order valence-corrected chi connectivity index (χ0v) is 11.4. The van der Waals surface area contributed by atoms with E-state index in [9.17, 15) is 4.79 Å². The molecule has 3 heteroatoms. The van der Waals surface area contributed by atoms with Crippen molar-refractivity contribution >= 4 is 17.6 Å². The molecule has 0 heterocycles. The summed E-state index contributed by atoms with van der Waals surface area (Å²) in [5, 5.41) is -0.0143. The number of esters is 1. The van der Waals surface area contributed by atoms with Crippen LogP contribution in [0.2, 0.25) is 0 Å². The van der Waals surface area contributed by atoms with Gasteiger partial charge in [-0.2, -0.15) is 0 Å². The highest BCUT2D eigenvalue weighted by molar-refractivity contribution is 6.20. The molecule has 96 valence electrons. The molecular formula is C13H25ClO2. The standard InChI is InChI=1S/C13H25ClO2/c1-3-4-5-6-7-8-9-10-13(14)11-16-12(2)15/h13H,3-11H2,1-2H3. The van der Waals surface area contributed by atoms with E-state index in [1.54, 1.807) is 0 Å². The second-order valence-corrected chi connectivity index (χ2v) is 4.93. The Morgan fingerprint density at radius 3 is 2.25 bits per heavy atom. The highest BCUT2D eigenvalue weighted by Gasteiger charge is 2.05. The van der Waals surface area contributed by atoms with Gasteiger partial charge in [-0.15, -0.1) is 11.6 Å². The van der Waals surface area contributed by atoms with Crippen molar-refractivity contribution in [3.63, 3.8) is 0 Å². The molecule has 0 saturated carbocycles. The Bertz CT molecular complexity index is 171. The van der Waals surface area contributed by atoms with Crippen molar-refractivity contribution in [1.82, 2.24) is 0 Å². The fraction of sp³-hybridized carbons (Fsp3) is 0.923. The summed E-state index contributed by atoms with van der Waals surface area (Å²) in [7, 11) is 0. The predicted octanol–water partition coefficient (Wildman–Crippen LogP) is 4.30. The highest BCUT2D eigenvalue weighted by Crippen LogP contribution is 2.12. The Hall–Kier alpha value is -0.240. The third kappa shape index (κ3) is 11.8. The van der Waals surface area contributed by atoms with Crippen molar-refractivity contribution in [2.45, 2.75) is 70.6 Å². The fourth-order valence-corrected chi connectivity index (χ4v) is 1.83. The summed E-state index contributed by atoms with van der Waals surface area (Å²) in [5.74, 6) is -0.245. The highest BCUT2D eigenvalue weighted by atomic mass is 35.5. The number of rotatable bonds is 10. The largest absolute Gasteiger partial charge is 0.464 e. The van der Waals surface area contributed by atoms with Gasteiger partial charge in [-0.3, -0.25) is 4.79 Å². The van der Waals surface area contributed by atoms with Crippen LogP contribution >= 0.6 is 11.6 Å². The van der Waals surface area contributed by atoms with E-state index in [-0.39, 0.29) is 11.3 Å². The smallest absolute Gasteiger partial charge is 0.302 e. The molecule has 0 fully saturated rings. The van der Waals surface area contributed by atoms with E-state index in [2.05, 4.69) is 6.92 Å². The molecule has 0 bridgehead atoms. The molecule has 0 aromatic carbocycles. The molecule has 0 N–H and O–H groups in total. The lowest BCUT2D eigenvalue weighted by molar-refractivity contribution is -0.140. The van der Waals surface area contributed by atoms with Crippen LogP contribution in [-0.2, 0) is 9.53 Å². The molecule has 0 rings (SSSR count). The monoisotopic (exact) mass is 248 g/mol. The summed E-state index contributed by atoms with van der Waals surface area (Å²) >= 11 is 6.01. The SMILES string of the molecule is CCCCCCCCCC(Cl)COC(C)=O. The first-order valence-electron chi connectivity index (χ1n) is 6.44. The molecular weight excluding hydrogens is 224 g/mol. The van der Waals surface area contributed by atoms with Gasteiger partial charge < -0.3 is 4.74 Å². The molecule has 1 atom stereocenters. The lowest BCUT2D eigenvalue weighted by Crippen LogP contribution is -2.11. The maximum absolute atomic E-state index is 10.5. The quantitative estimate of drug-likeness (QED) is 0.327. The molecule has 0 amide bonds. The van der Waals surface area contributed by atoms with E-state index in [1.165, 1.54) is 45.4 Å². The van der Waals surface area contributed by atoms with Gasteiger partial charge >= 0.3 is 5.97 Å². The van der Waals surface area contributed by atoms with Crippen LogP contribution in [0, 0.1) is 0 Å². The third-order valence-corrected chi connectivity index (χ3v) is 2.93. The number of hydrogen-bond acceptors (Lipinski definition) is 2. The number of unbranched alkanes of at least 4 members (excludes halogenated alkanes) is 6. The van der Waals surface area contributed by atoms with Crippen LogP contribution < -0.4 is 0 Å². The lowest BCUT2D eigenvalue weighted by atomic mass is 10.1. The molecule has 0 aliphatic rings. The van der Waals surface area contributed by atoms with Crippen LogP contribution in [0.25, 0.3) is 0 Å². The summed E-state index contributed by atoms with van der Waals surface area (Å²) in [6.07, 6.45) is 9.98. The van der Waals surface area contributed by atoms with Crippen LogP contribution in [0.1, 0.15) is 65.2 Å². The van der Waals surface area contributed by atoms with Gasteiger partial charge in [-0.1, -0.05) is 51.9 Å². The van der Waals surface area contributed by atoms with Gasteiger partial charge in [0, 0.05) is 6.92 Å². The topological polar surface area (TPSA) is 26.3 Å². The van der Waals surface area contributed by atoms with Gasteiger partial charge in [-0.25, -0.2) is 0 Å². The molecule has 1 unspecified atom stereocenters. The van der Waals surface area contributed by atoms with Crippen molar-refractivity contribution < 1.29 is 9.53 Å². The van der Waals surface area contributed by atoms with Crippen LogP contribution in [0.15, 0.2) is 0 Å². The summed E-state index contributed by atoms with van der Waals surface area (Å²) in [6.45, 7) is 4.00. The minimum absolute atomic E-state index is 0.0143. The van der Waals surface area contributed by atoms with E-state index in [0.29, 0.717) is 6.61 Å². The second-order valence-electron chi connectivity index (χ2n) is 4.31. The first-order valence-corrected chi connectivity index (χ1v) is 6.88. The van der Waals surface area contributed by atoms with E-state index < -0.39 is 0 Å². The Balaban J connectivity index is 3.15. The van der Waals surface area contributed by atoms with Crippen molar-refractivity contribution in [2.24, 2.45) is 0 Å². The van der Waals surface area contributed by atoms with Crippen molar-refractivity contribution in [3.8, 4) is 0 Å². The molecule has 2 nitrogen and oxygen atoms in total. The summed E-state index contributed by atoms with van der Waals surface area (Å²) in [4.78, 5) is 10.5. The molecule has 0 aromatic rings. The summed E-state index contributed by atoms with van der Waals surface area (Å²) in [6, 6.07) is 0. The maximum atomic E-state index is 10.5.